The third-order valence-electron chi connectivity index (χ3n) is 3.70. The van der Waals surface area contributed by atoms with E-state index < -0.39 is 10.0 Å². The van der Waals surface area contributed by atoms with Crippen LogP contribution in [0.25, 0.3) is 5.69 Å². The molecular weight excluding hydrogens is 350 g/mol. The SMILES string of the molecule is CC(C)NS(=O)(=O)c1ccc(NCc2ccccc2-n2cncn2)cc1. The van der Waals surface area contributed by atoms with Gasteiger partial charge in [0, 0.05) is 18.3 Å². The van der Waals surface area contributed by atoms with Gasteiger partial charge in [-0.05, 0) is 49.7 Å². The van der Waals surface area contributed by atoms with Crippen LogP contribution in [0.3, 0.4) is 0 Å². The van der Waals surface area contributed by atoms with Crippen molar-refractivity contribution in [1.29, 1.82) is 0 Å². The number of nitrogens with zero attached hydrogens (tertiary/aromatic N) is 3. The van der Waals surface area contributed by atoms with Crippen molar-refractivity contribution in [2.24, 2.45) is 0 Å². The molecule has 0 fully saturated rings. The third-order valence-corrected chi connectivity index (χ3v) is 5.37. The Morgan fingerprint density at radius 3 is 2.46 bits per heavy atom. The fourth-order valence-corrected chi connectivity index (χ4v) is 3.80. The van der Waals surface area contributed by atoms with Gasteiger partial charge in [0.25, 0.3) is 0 Å². The van der Waals surface area contributed by atoms with Crippen molar-refractivity contribution in [2.45, 2.75) is 31.3 Å². The molecule has 0 saturated carbocycles. The Labute approximate surface area is 153 Å². The van der Waals surface area contributed by atoms with Gasteiger partial charge < -0.3 is 5.32 Å². The summed E-state index contributed by atoms with van der Waals surface area (Å²) in [5.74, 6) is 0. The molecule has 0 aliphatic rings. The monoisotopic (exact) mass is 371 g/mol. The molecule has 3 aromatic rings. The summed E-state index contributed by atoms with van der Waals surface area (Å²) in [6, 6.07) is 14.4. The Morgan fingerprint density at radius 1 is 1.08 bits per heavy atom. The molecule has 0 unspecified atom stereocenters. The van der Waals surface area contributed by atoms with Gasteiger partial charge in [-0.2, -0.15) is 5.10 Å². The summed E-state index contributed by atoms with van der Waals surface area (Å²) >= 11 is 0. The van der Waals surface area contributed by atoms with Gasteiger partial charge >= 0.3 is 0 Å². The maximum atomic E-state index is 12.2. The second-order valence-corrected chi connectivity index (χ2v) is 7.84. The summed E-state index contributed by atoms with van der Waals surface area (Å²) in [5.41, 5.74) is 2.83. The molecule has 3 rings (SSSR count). The third kappa shape index (κ3) is 4.27. The Kier molecular flexibility index (Phi) is 5.34. The van der Waals surface area contributed by atoms with E-state index in [0.29, 0.717) is 6.54 Å². The molecule has 0 saturated heterocycles. The molecule has 7 nitrogen and oxygen atoms in total. The van der Waals surface area contributed by atoms with E-state index in [9.17, 15) is 8.42 Å². The Morgan fingerprint density at radius 2 is 1.81 bits per heavy atom. The van der Waals surface area contributed by atoms with Gasteiger partial charge in [0.2, 0.25) is 10.0 Å². The van der Waals surface area contributed by atoms with Crippen LogP contribution in [-0.2, 0) is 16.6 Å². The van der Waals surface area contributed by atoms with Crippen LogP contribution in [0.15, 0.2) is 66.1 Å². The van der Waals surface area contributed by atoms with Crippen molar-refractivity contribution in [3.63, 3.8) is 0 Å². The van der Waals surface area contributed by atoms with Crippen LogP contribution in [0.2, 0.25) is 0 Å². The van der Waals surface area contributed by atoms with Crippen molar-refractivity contribution in [3.05, 3.63) is 66.7 Å². The first-order valence-electron chi connectivity index (χ1n) is 8.25. The highest BCUT2D eigenvalue weighted by molar-refractivity contribution is 7.89. The number of rotatable bonds is 7. The molecule has 0 radical (unpaired) electrons. The molecule has 136 valence electrons. The van der Waals surface area contributed by atoms with E-state index in [4.69, 9.17) is 0 Å². The summed E-state index contributed by atoms with van der Waals surface area (Å²) in [4.78, 5) is 4.23. The van der Waals surface area contributed by atoms with E-state index in [1.54, 1.807) is 49.1 Å². The lowest BCUT2D eigenvalue weighted by Gasteiger charge is -2.12. The predicted octanol–water partition coefficient (Wildman–Crippen LogP) is 2.57. The Balaban J connectivity index is 1.72. The number of para-hydroxylation sites is 1. The molecule has 0 spiro atoms. The highest BCUT2D eigenvalue weighted by atomic mass is 32.2. The molecule has 0 bridgehead atoms. The zero-order valence-electron chi connectivity index (χ0n) is 14.6. The van der Waals surface area contributed by atoms with Crippen LogP contribution in [0, 0.1) is 0 Å². The average Bonchev–Trinajstić information content (AvgIpc) is 3.14. The fraction of sp³-hybridized carbons (Fsp3) is 0.222. The van der Waals surface area contributed by atoms with Gasteiger partial charge in [0.1, 0.15) is 12.7 Å². The van der Waals surface area contributed by atoms with E-state index in [0.717, 1.165) is 16.9 Å². The molecule has 2 aromatic carbocycles. The number of hydrogen-bond donors (Lipinski definition) is 2. The van der Waals surface area contributed by atoms with E-state index in [1.807, 2.05) is 24.3 Å². The summed E-state index contributed by atoms with van der Waals surface area (Å²) in [5, 5.41) is 7.47. The molecular formula is C18H21N5O2S. The van der Waals surface area contributed by atoms with Crippen LogP contribution >= 0.6 is 0 Å². The molecule has 0 aliphatic carbocycles. The number of sulfonamides is 1. The molecule has 0 aliphatic heterocycles. The summed E-state index contributed by atoms with van der Waals surface area (Å²) in [6.07, 6.45) is 3.15. The maximum absolute atomic E-state index is 12.2. The van der Waals surface area contributed by atoms with Gasteiger partial charge in [-0.1, -0.05) is 18.2 Å². The molecule has 2 N–H and O–H groups in total. The second kappa shape index (κ2) is 7.67. The van der Waals surface area contributed by atoms with Crippen LogP contribution in [0.4, 0.5) is 5.69 Å². The van der Waals surface area contributed by atoms with Gasteiger partial charge in [-0.15, -0.1) is 0 Å². The topological polar surface area (TPSA) is 88.9 Å². The van der Waals surface area contributed by atoms with Crippen molar-refractivity contribution < 1.29 is 8.42 Å². The van der Waals surface area contributed by atoms with Crippen molar-refractivity contribution in [2.75, 3.05) is 5.32 Å². The number of benzene rings is 2. The average molecular weight is 371 g/mol. The summed E-state index contributed by atoms with van der Waals surface area (Å²) < 4.78 is 28.6. The van der Waals surface area contributed by atoms with Crippen molar-refractivity contribution in [1.82, 2.24) is 19.5 Å². The highest BCUT2D eigenvalue weighted by Crippen LogP contribution is 2.18. The maximum Gasteiger partial charge on any atom is 0.240 e. The van der Waals surface area contributed by atoms with Gasteiger partial charge in [-0.3, -0.25) is 0 Å². The Bertz CT molecular complexity index is 952. The van der Waals surface area contributed by atoms with E-state index in [1.165, 1.54) is 6.33 Å². The smallest absolute Gasteiger partial charge is 0.240 e. The largest absolute Gasteiger partial charge is 0.381 e. The summed E-state index contributed by atoms with van der Waals surface area (Å²) in [7, 11) is -3.48. The van der Waals surface area contributed by atoms with E-state index in [2.05, 4.69) is 20.1 Å². The lowest BCUT2D eigenvalue weighted by atomic mass is 10.1. The lowest BCUT2D eigenvalue weighted by molar-refractivity contribution is 0.570. The number of aromatic nitrogens is 3. The van der Waals surface area contributed by atoms with Gasteiger partial charge in [-0.25, -0.2) is 22.8 Å². The van der Waals surface area contributed by atoms with E-state index >= 15 is 0 Å². The van der Waals surface area contributed by atoms with Crippen molar-refractivity contribution in [3.8, 4) is 5.69 Å². The van der Waals surface area contributed by atoms with Gasteiger partial charge in [0.15, 0.2) is 0 Å². The zero-order valence-corrected chi connectivity index (χ0v) is 15.4. The normalized spacial score (nSPS) is 11.7. The first kappa shape index (κ1) is 18.1. The lowest BCUT2D eigenvalue weighted by Crippen LogP contribution is -2.30. The minimum absolute atomic E-state index is 0.147. The first-order chi connectivity index (χ1) is 12.5. The van der Waals surface area contributed by atoms with Crippen LogP contribution in [-0.4, -0.2) is 29.2 Å². The zero-order chi connectivity index (χ0) is 18.6. The van der Waals surface area contributed by atoms with Crippen LogP contribution in [0.1, 0.15) is 19.4 Å². The molecule has 8 heteroatoms. The minimum atomic E-state index is -3.48. The molecule has 1 aromatic heterocycles. The predicted molar refractivity (Wildman–Crippen MR) is 101 cm³/mol. The van der Waals surface area contributed by atoms with Crippen LogP contribution < -0.4 is 10.0 Å². The first-order valence-corrected chi connectivity index (χ1v) is 9.73. The number of nitrogens with one attached hydrogen (secondary N) is 2. The number of hydrogen-bond acceptors (Lipinski definition) is 5. The highest BCUT2D eigenvalue weighted by Gasteiger charge is 2.14. The number of anilines is 1. The van der Waals surface area contributed by atoms with Crippen LogP contribution in [0.5, 0.6) is 0 Å². The van der Waals surface area contributed by atoms with E-state index in [-0.39, 0.29) is 10.9 Å². The quantitative estimate of drug-likeness (QED) is 0.666. The standard InChI is InChI=1S/C18H21N5O2S/c1-14(2)22-26(24,25)17-9-7-16(8-10-17)20-11-15-5-3-4-6-18(15)23-13-19-12-21-23/h3-10,12-14,20,22H,11H2,1-2H3. The molecule has 26 heavy (non-hydrogen) atoms. The second-order valence-electron chi connectivity index (χ2n) is 6.12. The fourth-order valence-electron chi connectivity index (χ4n) is 2.54. The molecule has 0 amide bonds. The van der Waals surface area contributed by atoms with Crippen molar-refractivity contribution >= 4 is 15.7 Å². The molecule has 1 heterocycles. The molecule has 0 atom stereocenters. The minimum Gasteiger partial charge on any atom is -0.381 e. The Hall–Kier alpha value is -2.71. The van der Waals surface area contributed by atoms with Gasteiger partial charge in [0.05, 0.1) is 10.6 Å². The summed E-state index contributed by atoms with van der Waals surface area (Å²) in [6.45, 7) is 4.16.